The molecule has 0 saturated heterocycles. The molecule has 0 aliphatic carbocycles. The Morgan fingerprint density at radius 3 is 2.75 bits per heavy atom. The summed E-state index contributed by atoms with van der Waals surface area (Å²) in [7, 11) is 0. The lowest BCUT2D eigenvalue weighted by molar-refractivity contribution is 0.120. The summed E-state index contributed by atoms with van der Waals surface area (Å²) in [6, 6.07) is 1.63. The molecule has 3 nitrogen and oxygen atoms in total. The molecule has 0 spiro atoms. The lowest BCUT2D eigenvalue weighted by Crippen LogP contribution is -2.13. The smallest absolute Gasteiger partial charge is 0.257 e. The van der Waals surface area contributed by atoms with Crippen molar-refractivity contribution in [3.63, 3.8) is 0 Å². The van der Waals surface area contributed by atoms with Crippen molar-refractivity contribution < 1.29 is 8.78 Å². The molecule has 2 N–H and O–H groups in total. The summed E-state index contributed by atoms with van der Waals surface area (Å²) in [4.78, 5) is 0. The number of hydrogen-bond acceptors (Lipinski definition) is 2. The number of rotatable bonds is 3. The van der Waals surface area contributed by atoms with Crippen LogP contribution in [0.3, 0.4) is 0 Å². The van der Waals surface area contributed by atoms with Gasteiger partial charge in [-0.25, -0.2) is 8.78 Å². The van der Waals surface area contributed by atoms with E-state index < -0.39 is 6.43 Å². The van der Waals surface area contributed by atoms with E-state index >= 15 is 0 Å². The minimum atomic E-state index is -2.37. The van der Waals surface area contributed by atoms with E-state index in [1.54, 1.807) is 6.07 Å². The zero-order valence-electron chi connectivity index (χ0n) is 6.28. The van der Waals surface area contributed by atoms with Crippen LogP contribution in [0.25, 0.3) is 0 Å². The quantitative estimate of drug-likeness (QED) is 0.787. The predicted molar refractivity (Wildman–Crippen MR) is 43.4 cm³/mol. The first kappa shape index (κ1) is 11.3. The third-order valence-electron chi connectivity index (χ3n) is 1.32. The number of alkyl halides is 2. The fourth-order valence-corrected chi connectivity index (χ4v) is 0.829. The molecule has 0 radical (unpaired) electrons. The van der Waals surface area contributed by atoms with Gasteiger partial charge >= 0.3 is 0 Å². The highest BCUT2D eigenvalue weighted by Gasteiger charge is 2.06. The normalized spacial score (nSPS) is 10.0. The first-order valence-corrected chi connectivity index (χ1v) is 3.23. The van der Waals surface area contributed by atoms with E-state index in [-0.39, 0.29) is 25.5 Å². The summed E-state index contributed by atoms with van der Waals surface area (Å²) in [5.41, 5.74) is 5.89. The number of nitrogens with zero attached hydrogens (tertiary/aromatic N) is 2. The number of halogens is 3. The molecule has 1 rings (SSSR count). The van der Waals surface area contributed by atoms with Crippen LogP contribution in [0.15, 0.2) is 12.3 Å². The van der Waals surface area contributed by atoms with Gasteiger partial charge in [-0.1, -0.05) is 0 Å². The summed E-state index contributed by atoms with van der Waals surface area (Å²) in [5.74, 6) is 0. The minimum absolute atomic E-state index is 0. The maximum Gasteiger partial charge on any atom is 0.257 e. The molecule has 0 saturated carbocycles. The maximum absolute atomic E-state index is 11.8. The fourth-order valence-electron chi connectivity index (χ4n) is 0.829. The van der Waals surface area contributed by atoms with Crippen LogP contribution in [-0.2, 0) is 13.1 Å². The van der Waals surface area contributed by atoms with Crippen molar-refractivity contribution in [1.82, 2.24) is 9.78 Å². The van der Waals surface area contributed by atoms with Crippen LogP contribution in [-0.4, -0.2) is 16.2 Å². The Morgan fingerprint density at radius 1 is 1.58 bits per heavy atom. The summed E-state index contributed by atoms with van der Waals surface area (Å²) >= 11 is 0. The Bertz CT molecular complexity index is 226. The van der Waals surface area contributed by atoms with Crippen molar-refractivity contribution in [2.24, 2.45) is 5.73 Å². The second-order valence-electron chi connectivity index (χ2n) is 2.10. The summed E-state index contributed by atoms with van der Waals surface area (Å²) in [6.45, 7) is -0.133. The van der Waals surface area contributed by atoms with E-state index in [9.17, 15) is 8.78 Å². The van der Waals surface area contributed by atoms with E-state index in [2.05, 4.69) is 5.10 Å². The molecule has 0 amide bonds. The monoisotopic (exact) mass is 197 g/mol. The van der Waals surface area contributed by atoms with Crippen LogP contribution in [0, 0.1) is 0 Å². The fraction of sp³-hybridized carbons (Fsp3) is 0.500. The minimum Gasteiger partial charge on any atom is -0.325 e. The van der Waals surface area contributed by atoms with Crippen LogP contribution in [0.2, 0.25) is 0 Å². The second kappa shape index (κ2) is 5.05. The van der Waals surface area contributed by atoms with Crippen LogP contribution in [0.1, 0.15) is 5.69 Å². The summed E-state index contributed by atoms with van der Waals surface area (Å²) in [6.07, 6.45) is -0.912. The number of nitrogens with two attached hydrogens (primary N) is 1. The van der Waals surface area contributed by atoms with Crippen molar-refractivity contribution in [2.45, 2.75) is 19.5 Å². The van der Waals surface area contributed by atoms with E-state index in [4.69, 9.17) is 5.73 Å². The average molecular weight is 198 g/mol. The van der Waals surface area contributed by atoms with Crippen molar-refractivity contribution in [3.05, 3.63) is 18.0 Å². The van der Waals surface area contributed by atoms with Gasteiger partial charge < -0.3 is 5.73 Å². The molecule has 1 heterocycles. The number of hydrogen-bond donors (Lipinski definition) is 1. The van der Waals surface area contributed by atoms with Gasteiger partial charge in [0, 0.05) is 12.7 Å². The molecule has 0 aromatic carbocycles. The van der Waals surface area contributed by atoms with Crippen LogP contribution >= 0.6 is 12.4 Å². The van der Waals surface area contributed by atoms with Crippen molar-refractivity contribution in [3.8, 4) is 0 Å². The standard InChI is InChI=1S/C6H9F2N3.ClH/c7-6(8)4-11-5(3-9)1-2-10-11;/h1-2,6H,3-4,9H2;1H. The van der Waals surface area contributed by atoms with Crippen molar-refractivity contribution in [2.75, 3.05) is 0 Å². The van der Waals surface area contributed by atoms with Crippen molar-refractivity contribution in [1.29, 1.82) is 0 Å². The van der Waals surface area contributed by atoms with Gasteiger partial charge in [-0.2, -0.15) is 5.10 Å². The van der Waals surface area contributed by atoms with Gasteiger partial charge in [0.1, 0.15) is 6.54 Å². The van der Waals surface area contributed by atoms with Gasteiger partial charge in [0.15, 0.2) is 0 Å². The van der Waals surface area contributed by atoms with Gasteiger partial charge in [-0.15, -0.1) is 12.4 Å². The molecule has 0 bridgehead atoms. The Kier molecular flexibility index (Phi) is 4.77. The third kappa shape index (κ3) is 2.75. The third-order valence-corrected chi connectivity index (χ3v) is 1.32. The van der Waals surface area contributed by atoms with Crippen LogP contribution in [0.4, 0.5) is 8.78 Å². The predicted octanol–water partition coefficient (Wildman–Crippen LogP) is 1.03. The molecule has 12 heavy (non-hydrogen) atoms. The zero-order chi connectivity index (χ0) is 8.27. The van der Waals surface area contributed by atoms with Crippen molar-refractivity contribution >= 4 is 12.4 Å². The van der Waals surface area contributed by atoms with Gasteiger partial charge in [-0.3, -0.25) is 4.68 Å². The van der Waals surface area contributed by atoms with E-state index in [0.29, 0.717) is 5.69 Å². The maximum atomic E-state index is 11.8. The lowest BCUT2D eigenvalue weighted by atomic mass is 10.4. The first-order chi connectivity index (χ1) is 5.24. The Morgan fingerprint density at radius 2 is 2.25 bits per heavy atom. The molecule has 1 aromatic rings. The largest absolute Gasteiger partial charge is 0.325 e. The molecule has 0 aliphatic rings. The van der Waals surface area contributed by atoms with Crippen LogP contribution in [0.5, 0.6) is 0 Å². The Labute approximate surface area is 75.0 Å². The molecule has 0 unspecified atom stereocenters. The van der Waals surface area contributed by atoms with E-state index in [1.165, 1.54) is 10.9 Å². The molecule has 0 fully saturated rings. The molecule has 6 heteroatoms. The highest BCUT2D eigenvalue weighted by molar-refractivity contribution is 5.85. The highest BCUT2D eigenvalue weighted by Crippen LogP contribution is 2.01. The van der Waals surface area contributed by atoms with E-state index in [0.717, 1.165) is 0 Å². The second-order valence-corrected chi connectivity index (χ2v) is 2.10. The Hall–Kier alpha value is -0.680. The SMILES string of the molecule is Cl.NCc1ccnn1CC(F)F. The molecule has 0 atom stereocenters. The Balaban J connectivity index is 0.00000121. The zero-order valence-corrected chi connectivity index (χ0v) is 7.10. The van der Waals surface area contributed by atoms with Gasteiger partial charge in [0.25, 0.3) is 6.43 Å². The molecule has 1 aromatic heterocycles. The summed E-state index contributed by atoms with van der Waals surface area (Å²) < 4.78 is 24.8. The summed E-state index contributed by atoms with van der Waals surface area (Å²) in [5, 5.41) is 3.68. The molecular formula is C6H10ClF2N3. The van der Waals surface area contributed by atoms with Crippen LogP contribution < -0.4 is 5.73 Å². The number of aromatic nitrogens is 2. The topological polar surface area (TPSA) is 43.8 Å². The molecule has 0 aliphatic heterocycles. The molecule has 70 valence electrons. The molecular weight excluding hydrogens is 188 g/mol. The first-order valence-electron chi connectivity index (χ1n) is 3.23. The van der Waals surface area contributed by atoms with E-state index in [1.807, 2.05) is 0 Å². The van der Waals surface area contributed by atoms with Gasteiger partial charge in [-0.05, 0) is 6.07 Å². The highest BCUT2D eigenvalue weighted by atomic mass is 35.5. The van der Waals surface area contributed by atoms with Gasteiger partial charge in [0.2, 0.25) is 0 Å². The van der Waals surface area contributed by atoms with Gasteiger partial charge in [0.05, 0.1) is 5.69 Å². The lowest BCUT2D eigenvalue weighted by Gasteiger charge is -2.03. The average Bonchev–Trinajstić information content (AvgIpc) is 2.34.